The summed E-state index contributed by atoms with van der Waals surface area (Å²) in [6.07, 6.45) is 0. The molecule has 5 nitrogen and oxygen atoms in total. The van der Waals surface area contributed by atoms with Crippen molar-refractivity contribution in [1.82, 2.24) is 0 Å². The van der Waals surface area contributed by atoms with Crippen LogP contribution in [0.3, 0.4) is 0 Å². The summed E-state index contributed by atoms with van der Waals surface area (Å²) in [6.45, 7) is 2.75. The molecule has 3 rings (SSSR count). The third-order valence-electron chi connectivity index (χ3n) is 4.23. The molecule has 126 valence electrons. The Morgan fingerprint density at radius 1 is 1.38 bits per heavy atom. The molecule has 2 N–H and O–H groups in total. The first kappa shape index (κ1) is 17.1. The molecular formula is C17H19BrN3O2S+. The molecule has 2 heterocycles. The maximum absolute atomic E-state index is 13.0. The van der Waals surface area contributed by atoms with Crippen LogP contribution in [0.5, 0.6) is 0 Å². The molecule has 1 aromatic heterocycles. The third kappa shape index (κ3) is 3.53. The Bertz CT molecular complexity index is 777. The van der Waals surface area contributed by atoms with E-state index in [0.717, 1.165) is 20.9 Å². The highest BCUT2D eigenvalue weighted by Gasteiger charge is 2.33. The zero-order valence-electron chi connectivity index (χ0n) is 13.5. The van der Waals surface area contributed by atoms with Gasteiger partial charge in [-0.1, -0.05) is 12.1 Å². The van der Waals surface area contributed by atoms with Crippen molar-refractivity contribution < 1.29 is 14.5 Å². The fourth-order valence-corrected chi connectivity index (χ4v) is 4.33. The van der Waals surface area contributed by atoms with E-state index in [1.807, 2.05) is 44.3 Å². The summed E-state index contributed by atoms with van der Waals surface area (Å²) in [4.78, 5) is 28.8. The number of fused-ring (bicyclic) bond motifs is 1. The molecule has 0 bridgehead atoms. The molecule has 0 saturated heterocycles. The fourth-order valence-electron chi connectivity index (χ4n) is 2.75. The molecule has 0 aliphatic carbocycles. The van der Waals surface area contributed by atoms with E-state index in [2.05, 4.69) is 27.3 Å². The van der Waals surface area contributed by atoms with E-state index >= 15 is 0 Å². The molecule has 1 aliphatic rings. The molecule has 7 heteroatoms. The number of carbonyl (C=O) groups excluding carboxylic acids is 2. The van der Waals surface area contributed by atoms with Gasteiger partial charge in [-0.05, 0) is 47.1 Å². The number of halogens is 1. The van der Waals surface area contributed by atoms with Crippen LogP contribution in [0, 0.1) is 0 Å². The average Bonchev–Trinajstić information content (AvgIpc) is 2.97. The smallest absolute Gasteiger partial charge is 0.285 e. The molecule has 0 fully saturated rings. The van der Waals surface area contributed by atoms with Crippen molar-refractivity contribution in [2.75, 3.05) is 23.8 Å². The lowest BCUT2D eigenvalue weighted by molar-refractivity contribution is -0.907. The molecule has 24 heavy (non-hydrogen) atoms. The predicted molar refractivity (Wildman–Crippen MR) is 99.5 cm³/mol. The lowest BCUT2D eigenvalue weighted by Crippen LogP contribution is -3.12. The second-order valence-corrected chi connectivity index (χ2v) is 8.49. The number of nitrogens with one attached hydrogen (secondary N) is 2. The van der Waals surface area contributed by atoms with E-state index in [4.69, 9.17) is 0 Å². The van der Waals surface area contributed by atoms with Crippen LogP contribution in [0.4, 0.5) is 11.4 Å². The molecule has 2 aromatic rings. The normalized spacial score (nSPS) is 16.3. The van der Waals surface area contributed by atoms with Gasteiger partial charge in [0.25, 0.3) is 5.91 Å². The van der Waals surface area contributed by atoms with E-state index in [9.17, 15) is 9.59 Å². The van der Waals surface area contributed by atoms with Gasteiger partial charge in [0.1, 0.15) is 13.1 Å². The van der Waals surface area contributed by atoms with Crippen molar-refractivity contribution in [3.05, 3.63) is 45.1 Å². The van der Waals surface area contributed by atoms with Crippen molar-refractivity contribution in [2.45, 2.75) is 19.5 Å². The van der Waals surface area contributed by atoms with Crippen LogP contribution in [0.15, 0.2) is 40.2 Å². The number of likely N-dealkylation sites (N-methyl/N-ethyl adjacent to an activating group) is 1. The number of benzene rings is 1. The van der Waals surface area contributed by atoms with E-state index in [-0.39, 0.29) is 24.4 Å². The second kappa shape index (κ2) is 7.04. The van der Waals surface area contributed by atoms with Gasteiger partial charge in [0.15, 0.2) is 6.04 Å². The number of nitrogens with zero attached hydrogens (tertiary/aromatic N) is 1. The number of amides is 2. The summed E-state index contributed by atoms with van der Waals surface area (Å²) < 4.78 is 1.09. The van der Waals surface area contributed by atoms with Gasteiger partial charge < -0.3 is 10.2 Å². The standard InChI is InChI=1S/C17H18BrN3O2S/c1-11(20(2)9-12-7-8-15(18)24-12)17(23)21-10-16(22)19-13-5-3-4-6-14(13)21/h3-8,11H,9-10H2,1-2H3,(H,19,22)/p+1/t11-/m0/s1. The molecule has 0 radical (unpaired) electrons. The topological polar surface area (TPSA) is 53.9 Å². The number of quaternary nitrogens is 1. The van der Waals surface area contributed by atoms with Crippen molar-refractivity contribution in [3.63, 3.8) is 0 Å². The van der Waals surface area contributed by atoms with Crippen molar-refractivity contribution in [3.8, 4) is 0 Å². The molecule has 1 aliphatic heterocycles. The van der Waals surface area contributed by atoms with Crippen LogP contribution >= 0.6 is 27.3 Å². The molecule has 2 atom stereocenters. The van der Waals surface area contributed by atoms with E-state index in [1.54, 1.807) is 16.2 Å². The maximum Gasteiger partial charge on any atom is 0.285 e. The first-order valence-electron chi connectivity index (χ1n) is 7.72. The number of hydrogen-bond donors (Lipinski definition) is 2. The zero-order valence-corrected chi connectivity index (χ0v) is 15.9. The van der Waals surface area contributed by atoms with Crippen molar-refractivity contribution in [2.24, 2.45) is 0 Å². The molecule has 1 unspecified atom stereocenters. The molecule has 0 saturated carbocycles. The monoisotopic (exact) mass is 408 g/mol. The summed E-state index contributed by atoms with van der Waals surface area (Å²) in [6, 6.07) is 11.3. The first-order valence-corrected chi connectivity index (χ1v) is 9.33. The Morgan fingerprint density at radius 2 is 2.12 bits per heavy atom. The lowest BCUT2D eigenvalue weighted by Gasteiger charge is -2.32. The van der Waals surface area contributed by atoms with Crippen LogP contribution in [0.1, 0.15) is 11.8 Å². The Kier molecular flexibility index (Phi) is 5.03. The number of anilines is 2. The highest BCUT2D eigenvalue weighted by atomic mass is 79.9. The Labute approximate surface area is 153 Å². The molecule has 2 amide bonds. The summed E-state index contributed by atoms with van der Waals surface area (Å²) >= 11 is 5.14. The van der Waals surface area contributed by atoms with E-state index in [0.29, 0.717) is 5.69 Å². The number of thiophene rings is 1. The minimum Gasteiger partial charge on any atom is -0.323 e. The van der Waals surface area contributed by atoms with E-state index in [1.165, 1.54) is 4.88 Å². The number of hydrogen-bond acceptors (Lipinski definition) is 3. The first-order chi connectivity index (χ1) is 11.5. The number of rotatable bonds is 4. The Morgan fingerprint density at radius 3 is 2.83 bits per heavy atom. The molecular weight excluding hydrogens is 390 g/mol. The zero-order chi connectivity index (χ0) is 17.3. The third-order valence-corrected chi connectivity index (χ3v) is 5.85. The number of para-hydroxylation sites is 2. The van der Waals surface area contributed by atoms with Gasteiger partial charge in [-0.3, -0.25) is 14.5 Å². The maximum atomic E-state index is 13.0. The van der Waals surface area contributed by atoms with Crippen LogP contribution in [-0.2, 0) is 16.1 Å². The van der Waals surface area contributed by atoms with Gasteiger partial charge in [0.2, 0.25) is 5.91 Å². The largest absolute Gasteiger partial charge is 0.323 e. The number of carbonyl (C=O) groups is 2. The lowest BCUT2D eigenvalue weighted by atomic mass is 10.1. The highest BCUT2D eigenvalue weighted by molar-refractivity contribution is 9.11. The summed E-state index contributed by atoms with van der Waals surface area (Å²) in [5, 5.41) is 2.81. The SMILES string of the molecule is C[C@@H](C(=O)N1CC(=O)Nc2ccccc21)[NH+](C)Cc1ccc(Br)s1. The van der Waals surface area contributed by atoms with Crippen LogP contribution < -0.4 is 15.1 Å². The highest BCUT2D eigenvalue weighted by Crippen LogP contribution is 2.29. The fraction of sp³-hybridized carbons (Fsp3) is 0.294. The van der Waals surface area contributed by atoms with Gasteiger partial charge >= 0.3 is 0 Å². The molecule has 1 aromatic carbocycles. The van der Waals surface area contributed by atoms with Gasteiger partial charge in [0, 0.05) is 0 Å². The van der Waals surface area contributed by atoms with Crippen LogP contribution in [0.25, 0.3) is 0 Å². The van der Waals surface area contributed by atoms with E-state index < -0.39 is 0 Å². The van der Waals surface area contributed by atoms with Crippen LogP contribution in [-0.4, -0.2) is 31.4 Å². The van der Waals surface area contributed by atoms with Crippen molar-refractivity contribution >= 4 is 50.5 Å². The van der Waals surface area contributed by atoms with Gasteiger partial charge in [-0.15, -0.1) is 11.3 Å². The minimum atomic E-state index is -0.246. The summed E-state index contributed by atoms with van der Waals surface area (Å²) in [5.74, 6) is -0.195. The summed E-state index contributed by atoms with van der Waals surface area (Å²) in [5.41, 5.74) is 1.45. The van der Waals surface area contributed by atoms with Gasteiger partial charge in [-0.25, -0.2) is 0 Å². The Balaban J connectivity index is 1.77. The quantitative estimate of drug-likeness (QED) is 0.811. The second-order valence-electron chi connectivity index (χ2n) is 5.94. The molecule has 0 spiro atoms. The summed E-state index contributed by atoms with van der Waals surface area (Å²) in [7, 11) is 2.01. The van der Waals surface area contributed by atoms with Gasteiger partial charge in [0.05, 0.1) is 27.1 Å². The minimum absolute atomic E-state index is 0.0366. The predicted octanol–water partition coefficient (Wildman–Crippen LogP) is 1.90. The van der Waals surface area contributed by atoms with Crippen molar-refractivity contribution in [1.29, 1.82) is 0 Å². The van der Waals surface area contributed by atoms with Crippen LogP contribution in [0.2, 0.25) is 0 Å². The Hall–Kier alpha value is -1.70. The average molecular weight is 409 g/mol. The van der Waals surface area contributed by atoms with Gasteiger partial charge in [-0.2, -0.15) is 0 Å².